The second-order valence-corrected chi connectivity index (χ2v) is 12.6. The van der Waals surface area contributed by atoms with Crippen molar-refractivity contribution in [2.75, 3.05) is 0 Å². The molecule has 1 aromatic rings. The molecule has 0 aliphatic heterocycles. The Hall–Kier alpha value is -0.657. The molecule has 2 rings (SSSR count). The van der Waals surface area contributed by atoms with Gasteiger partial charge in [-0.2, -0.15) is 0 Å². The Bertz CT molecular complexity index is 883. The van der Waals surface area contributed by atoms with Gasteiger partial charge in [0.2, 0.25) is 0 Å². The Labute approximate surface area is 223 Å². The van der Waals surface area contributed by atoms with Gasteiger partial charge >= 0.3 is 85.5 Å². The monoisotopic (exact) mass is 690 g/mol. The SMILES string of the molecule is C[C]1C(C)=C(C)C(C)=C1C.Cc1c(C)c(C)c(C)c(C)c1C.F[P-](F)(F)(F)(F)F.F[P-](F)(F)(F)(F)F.[Rh+2]. The van der Waals surface area contributed by atoms with Crippen molar-refractivity contribution in [3.8, 4) is 0 Å². The summed E-state index contributed by atoms with van der Waals surface area (Å²) in [4.78, 5) is 0. The molecule has 0 spiro atoms. The first-order valence-electron chi connectivity index (χ1n) is 10.3. The zero-order valence-electron chi connectivity index (χ0n) is 22.3. The van der Waals surface area contributed by atoms with Crippen LogP contribution in [0.15, 0.2) is 22.3 Å². The molecular formula is C22H33F12P2Rh. The molecule has 0 bridgehead atoms. The van der Waals surface area contributed by atoms with E-state index in [9.17, 15) is 50.4 Å². The third-order valence-electron chi connectivity index (χ3n) is 6.19. The van der Waals surface area contributed by atoms with Crippen LogP contribution in [0.3, 0.4) is 0 Å². The number of halogens is 12. The Balaban J connectivity index is -0.000000425. The zero-order valence-corrected chi connectivity index (χ0v) is 25.7. The fourth-order valence-electron chi connectivity index (χ4n) is 3.09. The van der Waals surface area contributed by atoms with Crippen LogP contribution in [-0.2, 0) is 19.5 Å². The molecule has 0 N–H and O–H groups in total. The Morgan fingerprint density at radius 3 is 0.459 bits per heavy atom. The summed E-state index contributed by atoms with van der Waals surface area (Å²) in [7, 11) is -21.3. The maximum atomic E-state index is 9.87. The molecule has 0 saturated carbocycles. The number of rotatable bonds is 0. The van der Waals surface area contributed by atoms with E-state index in [1.807, 2.05) is 0 Å². The second kappa shape index (κ2) is 10.7. The van der Waals surface area contributed by atoms with E-state index in [-0.39, 0.29) is 19.5 Å². The molecule has 1 aromatic carbocycles. The van der Waals surface area contributed by atoms with Crippen LogP contribution in [0, 0.1) is 47.5 Å². The quantitative estimate of drug-likeness (QED) is 0.144. The average Bonchev–Trinajstić information content (AvgIpc) is 2.76. The number of allylic oxidation sites excluding steroid dienone is 4. The van der Waals surface area contributed by atoms with Crippen LogP contribution in [0.25, 0.3) is 0 Å². The molecule has 2 radical (unpaired) electrons. The molecule has 1 aliphatic carbocycles. The fraction of sp³-hybridized carbons (Fsp3) is 0.500. The van der Waals surface area contributed by atoms with E-state index in [0.29, 0.717) is 0 Å². The Morgan fingerprint density at radius 1 is 0.297 bits per heavy atom. The van der Waals surface area contributed by atoms with Gasteiger partial charge in [-0.15, -0.1) is 0 Å². The summed E-state index contributed by atoms with van der Waals surface area (Å²) in [6.07, 6.45) is 0. The predicted octanol–water partition coefficient (Wildman–Crippen LogP) is 13.6. The molecular weight excluding hydrogens is 657 g/mol. The van der Waals surface area contributed by atoms with E-state index < -0.39 is 15.6 Å². The van der Waals surface area contributed by atoms with Gasteiger partial charge in [-0.1, -0.05) is 18.1 Å². The van der Waals surface area contributed by atoms with E-state index in [4.69, 9.17) is 0 Å². The first-order chi connectivity index (χ1) is 14.9. The van der Waals surface area contributed by atoms with Crippen LogP contribution < -0.4 is 0 Å². The molecule has 37 heavy (non-hydrogen) atoms. The van der Waals surface area contributed by atoms with Crippen molar-refractivity contribution in [2.24, 2.45) is 0 Å². The van der Waals surface area contributed by atoms with E-state index >= 15 is 0 Å². The van der Waals surface area contributed by atoms with Crippen molar-refractivity contribution >= 4 is 15.6 Å². The van der Waals surface area contributed by atoms with Gasteiger partial charge in [-0.3, -0.25) is 0 Å². The summed E-state index contributed by atoms with van der Waals surface area (Å²) >= 11 is 0. The van der Waals surface area contributed by atoms with Crippen molar-refractivity contribution in [1.82, 2.24) is 0 Å². The summed E-state index contributed by atoms with van der Waals surface area (Å²) in [6, 6.07) is 0. The van der Waals surface area contributed by atoms with E-state index in [0.717, 1.165) is 0 Å². The average molecular weight is 690 g/mol. The third kappa shape index (κ3) is 20.9. The normalized spacial score (nSPS) is 17.9. The van der Waals surface area contributed by atoms with Crippen LogP contribution in [-0.4, -0.2) is 0 Å². The Kier molecular flexibility index (Phi) is 11.8. The Morgan fingerprint density at radius 2 is 0.405 bits per heavy atom. The molecule has 0 amide bonds. The molecule has 0 nitrogen and oxygen atoms in total. The summed E-state index contributed by atoms with van der Waals surface area (Å²) in [5.74, 6) is 1.47. The molecule has 15 heteroatoms. The largest absolute Gasteiger partial charge is 2.00 e. The molecule has 1 aliphatic rings. The van der Waals surface area contributed by atoms with E-state index in [1.165, 1.54) is 61.6 Å². The van der Waals surface area contributed by atoms with Crippen molar-refractivity contribution in [3.05, 3.63) is 61.6 Å². The van der Waals surface area contributed by atoms with E-state index in [1.54, 1.807) is 0 Å². The van der Waals surface area contributed by atoms with Crippen LogP contribution >= 0.6 is 15.6 Å². The zero-order chi connectivity index (χ0) is 30.2. The number of hydrogen-bond acceptors (Lipinski definition) is 0. The molecule has 0 unspecified atom stereocenters. The van der Waals surface area contributed by atoms with Gasteiger partial charge in [0.05, 0.1) is 0 Å². The molecule has 0 aromatic heterocycles. The van der Waals surface area contributed by atoms with Crippen LogP contribution in [0.1, 0.15) is 68.0 Å². The van der Waals surface area contributed by atoms with Crippen LogP contribution in [0.4, 0.5) is 50.4 Å². The predicted molar refractivity (Wildman–Crippen MR) is 128 cm³/mol. The van der Waals surface area contributed by atoms with E-state index in [2.05, 4.69) is 76.2 Å². The van der Waals surface area contributed by atoms with Gasteiger partial charge in [0.1, 0.15) is 0 Å². The number of benzene rings is 1. The molecule has 0 heterocycles. The summed E-state index contributed by atoms with van der Waals surface area (Å²) < 4.78 is 118. The van der Waals surface area contributed by atoms with Crippen molar-refractivity contribution in [3.63, 3.8) is 0 Å². The standard InChI is InChI=1S/C12H18.C10H15.2F6P.Rh/c1-7-8(2)10(4)12(6)11(5)9(7)3;1-6-7(2)9(4)10(5)8(6)3;2*1-7(2,3,4,5)6;/h1-6H3;1-5H3;;;/q;;2*-1;+2. The summed E-state index contributed by atoms with van der Waals surface area (Å²) in [5.41, 5.74) is 14.6. The van der Waals surface area contributed by atoms with Gasteiger partial charge in [-0.25, -0.2) is 0 Å². The van der Waals surface area contributed by atoms with Crippen molar-refractivity contribution < 1.29 is 69.8 Å². The van der Waals surface area contributed by atoms with Gasteiger partial charge in [0.25, 0.3) is 0 Å². The van der Waals surface area contributed by atoms with Gasteiger partial charge in [0.15, 0.2) is 0 Å². The summed E-state index contributed by atoms with van der Waals surface area (Å²) in [5, 5.41) is 0. The van der Waals surface area contributed by atoms with Gasteiger partial charge in [0, 0.05) is 5.92 Å². The molecule has 0 saturated heterocycles. The molecule has 224 valence electrons. The molecule has 0 fully saturated rings. The first-order valence-corrected chi connectivity index (χ1v) is 14.3. The fourth-order valence-corrected chi connectivity index (χ4v) is 3.09. The van der Waals surface area contributed by atoms with Gasteiger partial charge in [-0.05, 0) is 114 Å². The maximum Gasteiger partial charge on any atom is 2.00 e. The third-order valence-corrected chi connectivity index (χ3v) is 6.19. The number of hydrogen-bond donors (Lipinski definition) is 0. The van der Waals surface area contributed by atoms with Gasteiger partial charge < -0.3 is 0 Å². The van der Waals surface area contributed by atoms with Crippen LogP contribution in [0.5, 0.6) is 0 Å². The topological polar surface area (TPSA) is 0 Å². The second-order valence-electron chi connectivity index (χ2n) is 8.79. The van der Waals surface area contributed by atoms with Crippen LogP contribution in [0.2, 0.25) is 0 Å². The van der Waals surface area contributed by atoms with Crippen molar-refractivity contribution in [2.45, 2.75) is 76.2 Å². The first kappa shape index (κ1) is 40.8. The maximum absolute atomic E-state index is 10.7. The van der Waals surface area contributed by atoms with Crippen molar-refractivity contribution in [1.29, 1.82) is 0 Å². The minimum atomic E-state index is -10.7. The summed E-state index contributed by atoms with van der Waals surface area (Å²) in [6.45, 7) is 24.3. The molecule has 0 atom stereocenters. The minimum Gasteiger partial charge on any atom is 2.00 e. The minimum absolute atomic E-state index is 0. The smallest absolute Gasteiger partial charge is 2.00 e.